The van der Waals surface area contributed by atoms with Crippen LogP contribution in [0.25, 0.3) is 10.8 Å². The Morgan fingerprint density at radius 3 is 2.62 bits per heavy atom. The van der Waals surface area contributed by atoms with Gasteiger partial charge in [0, 0.05) is 53.9 Å². The molecule has 1 aromatic heterocycles. The average molecular weight is 499 g/mol. The Hall–Kier alpha value is -3.33. The summed E-state index contributed by atoms with van der Waals surface area (Å²) in [5.41, 5.74) is 0.642. The molecular formula is C23H23BrN4O4. The van der Waals surface area contributed by atoms with Crippen molar-refractivity contribution in [1.29, 1.82) is 0 Å². The van der Waals surface area contributed by atoms with Crippen LogP contribution in [0.2, 0.25) is 0 Å². The number of fused-ring (bicyclic) bond motifs is 1. The molecule has 166 valence electrons. The van der Waals surface area contributed by atoms with Crippen LogP contribution in [-0.4, -0.2) is 35.2 Å². The van der Waals surface area contributed by atoms with Crippen molar-refractivity contribution in [2.45, 2.75) is 19.8 Å². The zero-order valence-electron chi connectivity index (χ0n) is 17.7. The van der Waals surface area contributed by atoms with Crippen molar-refractivity contribution in [3.05, 3.63) is 74.5 Å². The van der Waals surface area contributed by atoms with Crippen LogP contribution in [0.5, 0.6) is 0 Å². The number of aromatic nitrogens is 1. The first kappa shape index (κ1) is 23.3. The molecule has 1 amide bonds. The van der Waals surface area contributed by atoms with Gasteiger partial charge in [-0.3, -0.25) is 24.7 Å². The number of carbonyl (C=O) groups excluding carboxylic acids is 2. The second kappa shape index (κ2) is 10.3. The topological polar surface area (TPSA) is 114 Å². The molecule has 0 aliphatic rings. The fourth-order valence-corrected chi connectivity index (χ4v) is 4.00. The molecule has 2 aromatic carbocycles. The third-order valence-corrected chi connectivity index (χ3v) is 5.80. The second-order valence-electron chi connectivity index (χ2n) is 7.37. The molecule has 0 bridgehead atoms. The number of amides is 1. The van der Waals surface area contributed by atoms with Crippen LogP contribution in [0.4, 0.5) is 11.4 Å². The summed E-state index contributed by atoms with van der Waals surface area (Å²) in [6, 6.07) is 10.5. The lowest BCUT2D eigenvalue weighted by molar-refractivity contribution is -0.384. The third-order valence-electron chi connectivity index (χ3n) is 5.34. The van der Waals surface area contributed by atoms with Crippen LogP contribution in [0.1, 0.15) is 40.5 Å². The van der Waals surface area contributed by atoms with Gasteiger partial charge in [-0.15, -0.1) is 0 Å². The molecule has 1 heterocycles. The summed E-state index contributed by atoms with van der Waals surface area (Å²) >= 11 is 3.22. The number of rotatable bonds is 9. The first-order chi connectivity index (χ1) is 15.3. The van der Waals surface area contributed by atoms with Gasteiger partial charge in [0.15, 0.2) is 5.78 Å². The van der Waals surface area contributed by atoms with Crippen LogP contribution in [0, 0.1) is 16.0 Å². The molecule has 1 atom stereocenters. The van der Waals surface area contributed by atoms with Gasteiger partial charge in [-0.25, -0.2) is 0 Å². The maximum absolute atomic E-state index is 13.0. The van der Waals surface area contributed by atoms with Crippen molar-refractivity contribution < 1.29 is 14.5 Å². The Morgan fingerprint density at radius 1 is 1.19 bits per heavy atom. The van der Waals surface area contributed by atoms with Crippen molar-refractivity contribution in [1.82, 2.24) is 10.3 Å². The maximum Gasteiger partial charge on any atom is 0.294 e. The van der Waals surface area contributed by atoms with Gasteiger partial charge in [0.25, 0.3) is 11.6 Å². The predicted molar refractivity (Wildman–Crippen MR) is 127 cm³/mol. The van der Waals surface area contributed by atoms with Crippen molar-refractivity contribution in [2.75, 3.05) is 18.9 Å². The first-order valence-electron chi connectivity index (χ1n) is 10.2. The number of hydrogen-bond donors (Lipinski definition) is 2. The summed E-state index contributed by atoms with van der Waals surface area (Å²) in [6.45, 7) is 2.25. The Balaban J connectivity index is 1.83. The molecule has 0 radical (unpaired) electrons. The molecular weight excluding hydrogens is 476 g/mol. The van der Waals surface area contributed by atoms with E-state index in [4.69, 9.17) is 0 Å². The summed E-state index contributed by atoms with van der Waals surface area (Å²) in [7, 11) is 1.46. The Kier molecular flexibility index (Phi) is 7.53. The van der Waals surface area contributed by atoms with E-state index in [0.29, 0.717) is 23.0 Å². The molecule has 0 spiro atoms. The van der Waals surface area contributed by atoms with Crippen LogP contribution in [0.3, 0.4) is 0 Å². The van der Waals surface area contributed by atoms with Crippen molar-refractivity contribution in [2.24, 2.45) is 5.92 Å². The Labute approximate surface area is 193 Å². The highest BCUT2D eigenvalue weighted by molar-refractivity contribution is 9.10. The minimum atomic E-state index is -0.534. The summed E-state index contributed by atoms with van der Waals surface area (Å²) in [4.78, 5) is 40.6. The van der Waals surface area contributed by atoms with E-state index in [1.807, 2.05) is 31.2 Å². The lowest BCUT2D eigenvalue weighted by atomic mass is 9.94. The number of nitrogens with zero attached hydrogens (tertiary/aromatic N) is 2. The van der Waals surface area contributed by atoms with Gasteiger partial charge in [0.2, 0.25) is 0 Å². The van der Waals surface area contributed by atoms with E-state index in [-0.39, 0.29) is 35.1 Å². The van der Waals surface area contributed by atoms with Gasteiger partial charge < -0.3 is 10.6 Å². The number of carbonyl (C=O) groups is 2. The molecule has 8 nitrogen and oxygen atoms in total. The predicted octanol–water partition coefficient (Wildman–Crippen LogP) is 4.98. The number of nitrogens with one attached hydrogen (secondary N) is 2. The highest BCUT2D eigenvalue weighted by Crippen LogP contribution is 2.33. The van der Waals surface area contributed by atoms with Gasteiger partial charge in [0.1, 0.15) is 5.69 Å². The number of anilines is 1. The number of nitro benzene ring substituents is 1. The molecule has 32 heavy (non-hydrogen) atoms. The van der Waals surface area contributed by atoms with Crippen LogP contribution < -0.4 is 10.6 Å². The lowest BCUT2D eigenvalue weighted by Gasteiger charge is -2.18. The second-order valence-corrected chi connectivity index (χ2v) is 8.29. The number of Topliss-reactive ketones (excluding diaryl/α,β-unsaturated/α-hetero) is 1. The Bertz CT molecular complexity index is 1180. The normalized spacial score (nSPS) is 11.7. The molecule has 1 unspecified atom stereocenters. The zero-order valence-corrected chi connectivity index (χ0v) is 19.3. The largest absolute Gasteiger partial charge is 0.379 e. The van der Waals surface area contributed by atoms with E-state index < -0.39 is 10.8 Å². The third kappa shape index (κ3) is 5.11. The van der Waals surface area contributed by atoms with Crippen molar-refractivity contribution in [3.8, 4) is 0 Å². The molecule has 0 aliphatic heterocycles. The van der Waals surface area contributed by atoms with Crippen LogP contribution in [-0.2, 0) is 0 Å². The van der Waals surface area contributed by atoms with E-state index in [9.17, 15) is 19.7 Å². The fraction of sp³-hybridized carbons (Fsp3) is 0.261. The Morgan fingerprint density at radius 2 is 1.94 bits per heavy atom. The quantitative estimate of drug-likeness (QED) is 0.244. The van der Waals surface area contributed by atoms with Gasteiger partial charge in [-0.2, -0.15) is 0 Å². The first-order valence-corrected chi connectivity index (χ1v) is 10.9. The van der Waals surface area contributed by atoms with E-state index in [1.165, 1.54) is 19.2 Å². The fourth-order valence-electron chi connectivity index (χ4n) is 3.55. The van der Waals surface area contributed by atoms with E-state index >= 15 is 0 Å². The van der Waals surface area contributed by atoms with Crippen LogP contribution >= 0.6 is 15.9 Å². The van der Waals surface area contributed by atoms with E-state index in [0.717, 1.165) is 10.8 Å². The smallest absolute Gasteiger partial charge is 0.294 e. The number of ketones is 1. The molecule has 3 rings (SSSR count). The molecule has 0 saturated carbocycles. The molecule has 9 heteroatoms. The molecule has 0 aliphatic carbocycles. The van der Waals surface area contributed by atoms with Crippen LogP contribution in [0.15, 0.2) is 53.3 Å². The number of nitro groups is 1. The van der Waals surface area contributed by atoms with Crippen molar-refractivity contribution in [3.63, 3.8) is 0 Å². The summed E-state index contributed by atoms with van der Waals surface area (Å²) in [6.07, 6.45) is 4.22. The number of halogens is 1. The minimum absolute atomic E-state index is 0.0419. The lowest BCUT2D eigenvalue weighted by Crippen LogP contribution is -2.23. The molecule has 0 fully saturated rings. The molecule has 3 aromatic rings. The molecule has 2 N–H and O–H groups in total. The highest BCUT2D eigenvalue weighted by atomic mass is 79.9. The standard InChI is InChI=1S/C23H23BrN4O4/c1-3-14(8-21(29)19-13-26-12-15-6-4-5-7-17(15)19)11-27-22-18(23(30)25-2)9-16(24)10-20(22)28(31)32/h4-7,9-10,12-14,27H,3,8,11H2,1-2H3,(H,25,30). The summed E-state index contributed by atoms with van der Waals surface area (Å²) in [5, 5.41) is 18.9. The highest BCUT2D eigenvalue weighted by Gasteiger charge is 2.24. The average Bonchev–Trinajstić information content (AvgIpc) is 2.80. The van der Waals surface area contributed by atoms with E-state index in [2.05, 4.69) is 31.5 Å². The zero-order chi connectivity index (χ0) is 23.3. The van der Waals surface area contributed by atoms with Gasteiger partial charge >= 0.3 is 0 Å². The number of pyridine rings is 1. The number of hydrogen-bond acceptors (Lipinski definition) is 6. The maximum atomic E-state index is 13.0. The van der Waals surface area contributed by atoms with Crippen molar-refractivity contribution >= 4 is 49.8 Å². The summed E-state index contributed by atoms with van der Waals surface area (Å²) < 4.78 is 0.430. The van der Waals surface area contributed by atoms with Gasteiger partial charge in [0.05, 0.1) is 10.5 Å². The minimum Gasteiger partial charge on any atom is -0.379 e. The van der Waals surface area contributed by atoms with Gasteiger partial charge in [-0.1, -0.05) is 53.5 Å². The van der Waals surface area contributed by atoms with E-state index in [1.54, 1.807) is 12.4 Å². The summed E-state index contributed by atoms with van der Waals surface area (Å²) in [5.74, 6) is -0.579. The molecule has 0 saturated heterocycles. The SMILES string of the molecule is CCC(CNc1c(C(=O)NC)cc(Br)cc1[N+](=O)[O-])CC(=O)c1cncc2ccccc12. The van der Waals surface area contributed by atoms with Gasteiger partial charge in [-0.05, 0) is 17.4 Å². The number of benzene rings is 2. The monoisotopic (exact) mass is 498 g/mol.